The van der Waals surface area contributed by atoms with Crippen LogP contribution in [0.25, 0.3) is 0 Å². The summed E-state index contributed by atoms with van der Waals surface area (Å²) < 4.78 is 0. The van der Waals surface area contributed by atoms with Crippen molar-refractivity contribution in [1.29, 1.82) is 0 Å². The van der Waals surface area contributed by atoms with Gasteiger partial charge in [-0.15, -0.1) is 0 Å². The Hall–Kier alpha value is -1.06. The third-order valence-electron chi connectivity index (χ3n) is 16.1. The molecule has 5 aliphatic rings. The Morgan fingerprint density at radius 2 is 0.558 bits per heavy atom. The number of amides is 2. The van der Waals surface area contributed by atoms with Crippen LogP contribution in [0.5, 0.6) is 0 Å². The molecule has 5 rings (SSSR count). The van der Waals surface area contributed by atoms with Crippen molar-refractivity contribution >= 4 is 11.8 Å². The fourth-order valence-corrected chi connectivity index (χ4v) is 12.3. The second-order valence-electron chi connectivity index (χ2n) is 23.5. The van der Waals surface area contributed by atoms with Crippen molar-refractivity contribution in [3.05, 3.63) is 0 Å². The molecule has 0 aliphatic heterocycles. The first-order chi connectivity index (χ1) is 24.1. The SMILES string of the molecule is CC(C)(C)C1CCC(N(C(=O)C2CCCC(C(=O)N(C3CCC(C(C)(C)C)CC3)C3CCC(C(C)(C)C)CC3)C2)C2CCC(C(C)(C)C)CC2)CC1. The van der Waals surface area contributed by atoms with Gasteiger partial charge in [0.1, 0.15) is 0 Å². The van der Waals surface area contributed by atoms with Crippen molar-refractivity contribution in [2.75, 3.05) is 0 Å². The predicted octanol–water partition coefficient (Wildman–Crippen LogP) is 12.9. The molecule has 4 nitrogen and oxygen atoms in total. The molecule has 0 aromatic carbocycles. The largest absolute Gasteiger partial charge is 0.336 e. The van der Waals surface area contributed by atoms with Crippen molar-refractivity contribution in [1.82, 2.24) is 9.80 Å². The summed E-state index contributed by atoms with van der Waals surface area (Å²) in [6, 6.07) is 1.52. The summed E-state index contributed by atoms with van der Waals surface area (Å²) in [6.07, 6.45) is 22.9. The van der Waals surface area contributed by atoms with E-state index in [1.54, 1.807) is 0 Å². The van der Waals surface area contributed by atoms with Gasteiger partial charge in [-0.1, -0.05) is 89.5 Å². The van der Waals surface area contributed by atoms with E-state index in [1.165, 1.54) is 51.4 Å². The molecular formula is C48H86N2O2. The lowest BCUT2D eigenvalue weighted by atomic mass is 9.69. The van der Waals surface area contributed by atoms with Crippen molar-refractivity contribution in [3.8, 4) is 0 Å². The first-order valence-corrected chi connectivity index (χ1v) is 22.8. The first-order valence-electron chi connectivity index (χ1n) is 22.8. The zero-order valence-corrected chi connectivity index (χ0v) is 36.6. The molecule has 0 N–H and O–H groups in total. The number of carbonyl (C=O) groups excluding carboxylic acids is 2. The quantitative estimate of drug-likeness (QED) is 0.274. The number of nitrogens with zero attached hydrogens (tertiary/aromatic N) is 2. The minimum absolute atomic E-state index is 0.0125. The maximum absolute atomic E-state index is 15.1. The summed E-state index contributed by atoms with van der Waals surface area (Å²) in [6.45, 7) is 28.9. The van der Waals surface area contributed by atoms with Crippen LogP contribution < -0.4 is 0 Å². The summed E-state index contributed by atoms with van der Waals surface area (Å²) in [5.74, 6) is 3.87. The van der Waals surface area contributed by atoms with Gasteiger partial charge in [-0.05, 0) is 167 Å². The van der Waals surface area contributed by atoms with Crippen LogP contribution in [0.3, 0.4) is 0 Å². The predicted molar refractivity (Wildman–Crippen MR) is 220 cm³/mol. The van der Waals surface area contributed by atoms with Crippen molar-refractivity contribution < 1.29 is 9.59 Å². The molecule has 0 radical (unpaired) electrons. The lowest BCUT2D eigenvalue weighted by Crippen LogP contribution is -2.55. The summed E-state index contributed by atoms with van der Waals surface area (Å²) in [4.78, 5) is 35.1. The van der Waals surface area contributed by atoms with Crippen LogP contribution in [-0.4, -0.2) is 45.8 Å². The van der Waals surface area contributed by atoms with Crippen LogP contribution in [0.15, 0.2) is 0 Å². The molecule has 0 heterocycles. The van der Waals surface area contributed by atoms with Crippen molar-refractivity contribution in [2.45, 2.75) is 236 Å². The van der Waals surface area contributed by atoms with Gasteiger partial charge in [0, 0.05) is 36.0 Å². The zero-order valence-electron chi connectivity index (χ0n) is 36.6. The minimum Gasteiger partial charge on any atom is -0.336 e. The van der Waals surface area contributed by atoms with Crippen LogP contribution in [-0.2, 0) is 9.59 Å². The Morgan fingerprint density at radius 1 is 0.346 bits per heavy atom. The average molecular weight is 723 g/mol. The fraction of sp³-hybridized carbons (Fsp3) is 0.958. The third kappa shape index (κ3) is 10.2. The zero-order chi connectivity index (χ0) is 38.2. The molecule has 4 heteroatoms. The van der Waals surface area contributed by atoms with Crippen LogP contribution in [0, 0.1) is 57.2 Å². The Balaban J connectivity index is 1.33. The number of hydrogen-bond donors (Lipinski definition) is 0. The van der Waals surface area contributed by atoms with Gasteiger partial charge in [0.2, 0.25) is 11.8 Å². The van der Waals surface area contributed by atoms with Gasteiger partial charge in [0.25, 0.3) is 0 Å². The van der Waals surface area contributed by atoms with E-state index in [9.17, 15) is 0 Å². The minimum atomic E-state index is 0.0125. The van der Waals surface area contributed by atoms with Gasteiger partial charge in [-0.25, -0.2) is 0 Å². The molecule has 0 bridgehead atoms. The smallest absolute Gasteiger partial charge is 0.226 e. The van der Waals surface area contributed by atoms with Gasteiger partial charge in [0.05, 0.1) is 0 Å². The highest BCUT2D eigenvalue weighted by atomic mass is 16.2. The topological polar surface area (TPSA) is 40.6 Å². The molecule has 5 fully saturated rings. The molecule has 52 heavy (non-hydrogen) atoms. The normalized spacial score (nSPS) is 35.8. The lowest BCUT2D eigenvalue weighted by molar-refractivity contribution is -0.149. The Bertz CT molecular complexity index is 989. The van der Waals surface area contributed by atoms with Gasteiger partial charge in [0.15, 0.2) is 0 Å². The van der Waals surface area contributed by atoms with E-state index < -0.39 is 0 Å². The Kier molecular flexibility index (Phi) is 13.4. The van der Waals surface area contributed by atoms with E-state index in [-0.39, 0.29) is 11.8 Å². The van der Waals surface area contributed by atoms with Gasteiger partial charge in [-0.2, -0.15) is 0 Å². The van der Waals surface area contributed by atoms with Crippen molar-refractivity contribution in [3.63, 3.8) is 0 Å². The number of hydrogen-bond acceptors (Lipinski definition) is 2. The lowest BCUT2D eigenvalue weighted by Gasteiger charge is -2.49. The fourth-order valence-electron chi connectivity index (χ4n) is 12.3. The van der Waals surface area contributed by atoms with Gasteiger partial charge in [-0.3, -0.25) is 9.59 Å². The second-order valence-corrected chi connectivity index (χ2v) is 23.5. The molecule has 0 aromatic heterocycles. The van der Waals surface area contributed by atoms with Crippen molar-refractivity contribution in [2.24, 2.45) is 57.2 Å². The standard InChI is InChI=1S/C48H86N2O2/c1-45(2,3)35-16-24-39(25-17-35)49(40-26-18-36(19-27-40)46(4,5)6)43(51)33-14-13-15-34(32-33)44(52)50(41-28-20-37(21-29-41)47(7,8)9)42-30-22-38(23-31-42)48(10,11)12/h33-42H,13-32H2,1-12H3. The monoisotopic (exact) mass is 723 g/mol. The molecule has 2 unspecified atom stereocenters. The summed E-state index contributed by atoms with van der Waals surface area (Å²) in [7, 11) is 0. The molecule has 0 aromatic rings. The second kappa shape index (κ2) is 16.6. The molecule has 0 saturated heterocycles. The van der Waals surface area contributed by atoms with Crippen LogP contribution >= 0.6 is 0 Å². The van der Waals surface area contributed by atoms with Crippen LogP contribution in [0.1, 0.15) is 212 Å². The maximum atomic E-state index is 15.1. The van der Waals surface area contributed by atoms with Crippen LogP contribution in [0.2, 0.25) is 0 Å². The molecule has 2 amide bonds. The molecule has 2 atom stereocenters. The summed E-state index contributed by atoms with van der Waals surface area (Å²) in [5.41, 5.74) is 1.35. The maximum Gasteiger partial charge on any atom is 0.226 e. The molecule has 0 spiro atoms. The number of rotatable bonds is 6. The summed E-state index contributed by atoms with van der Waals surface area (Å²) in [5, 5.41) is 0. The first kappa shape index (κ1) is 42.1. The molecule has 300 valence electrons. The Labute approximate surface area is 323 Å². The Morgan fingerprint density at radius 3 is 0.750 bits per heavy atom. The number of carbonyl (C=O) groups is 2. The van der Waals surface area contributed by atoms with E-state index in [0.29, 0.717) is 57.6 Å². The van der Waals surface area contributed by atoms with E-state index in [1.807, 2.05) is 0 Å². The highest BCUT2D eigenvalue weighted by Crippen LogP contribution is 2.47. The molecular weight excluding hydrogens is 637 g/mol. The van der Waals surface area contributed by atoms with Crippen LogP contribution in [0.4, 0.5) is 0 Å². The van der Waals surface area contributed by atoms with E-state index >= 15 is 9.59 Å². The van der Waals surface area contributed by atoms with E-state index in [0.717, 1.165) is 101 Å². The summed E-state index contributed by atoms with van der Waals surface area (Å²) >= 11 is 0. The third-order valence-corrected chi connectivity index (χ3v) is 16.1. The highest BCUT2D eigenvalue weighted by Gasteiger charge is 2.45. The van der Waals surface area contributed by atoms with E-state index in [2.05, 4.69) is 92.9 Å². The highest BCUT2D eigenvalue weighted by molar-refractivity contribution is 5.83. The van der Waals surface area contributed by atoms with Gasteiger partial charge < -0.3 is 9.80 Å². The average Bonchev–Trinajstić information content (AvgIpc) is 3.08. The molecule has 5 saturated carbocycles. The van der Waals surface area contributed by atoms with E-state index in [4.69, 9.17) is 0 Å². The molecule has 5 aliphatic carbocycles. The van der Waals surface area contributed by atoms with Gasteiger partial charge >= 0.3 is 0 Å².